The summed E-state index contributed by atoms with van der Waals surface area (Å²) in [6.07, 6.45) is 1.97. The second-order valence-corrected chi connectivity index (χ2v) is 3.39. The molecule has 1 rings (SSSR count). The third-order valence-electron chi connectivity index (χ3n) is 2.07. The number of pyridine rings is 1. The van der Waals surface area contributed by atoms with Crippen molar-refractivity contribution >= 4 is 0 Å². The zero-order valence-corrected chi connectivity index (χ0v) is 9.23. The number of hydrogen-bond donors (Lipinski definition) is 2. The van der Waals surface area contributed by atoms with Crippen molar-refractivity contribution in [2.75, 3.05) is 13.7 Å². The fraction of sp³-hybridized carbons (Fsp3) is 0.545. The van der Waals surface area contributed by atoms with Crippen molar-refractivity contribution in [2.24, 2.45) is 0 Å². The fourth-order valence-corrected chi connectivity index (χ4v) is 1.09. The first-order valence-electron chi connectivity index (χ1n) is 5.16. The average molecular weight is 210 g/mol. The molecule has 0 amide bonds. The summed E-state index contributed by atoms with van der Waals surface area (Å²) in [6.45, 7) is 2.99. The van der Waals surface area contributed by atoms with Crippen molar-refractivity contribution in [3.05, 3.63) is 24.0 Å². The molecule has 0 aliphatic carbocycles. The summed E-state index contributed by atoms with van der Waals surface area (Å²) < 4.78 is 5.36. The Morgan fingerprint density at radius 3 is 2.87 bits per heavy atom. The van der Waals surface area contributed by atoms with Crippen LogP contribution in [-0.4, -0.2) is 29.8 Å². The lowest BCUT2D eigenvalue weighted by Crippen LogP contribution is -2.16. The fourth-order valence-electron chi connectivity index (χ4n) is 1.09. The maximum Gasteiger partial charge on any atom is 0.137 e. The average Bonchev–Trinajstić information content (AvgIpc) is 2.28. The zero-order chi connectivity index (χ0) is 11.1. The maximum absolute atomic E-state index is 9.30. The van der Waals surface area contributed by atoms with Gasteiger partial charge in [0.2, 0.25) is 0 Å². The standard InChI is InChI=1S/C11H18N2O2/c1-3-10(14)8-15-11-5-4-9(6-12-2)13-7-11/h4-5,7,10,12,14H,3,6,8H2,1-2H3. The minimum Gasteiger partial charge on any atom is -0.489 e. The molecular weight excluding hydrogens is 192 g/mol. The Balaban J connectivity index is 2.42. The van der Waals surface area contributed by atoms with E-state index in [1.807, 2.05) is 26.1 Å². The molecule has 0 saturated heterocycles. The first-order chi connectivity index (χ1) is 7.26. The second-order valence-electron chi connectivity index (χ2n) is 3.39. The molecule has 1 heterocycles. The van der Waals surface area contributed by atoms with E-state index in [-0.39, 0.29) is 0 Å². The lowest BCUT2D eigenvalue weighted by molar-refractivity contribution is 0.104. The summed E-state index contributed by atoms with van der Waals surface area (Å²) in [5.74, 6) is 0.697. The van der Waals surface area contributed by atoms with E-state index in [4.69, 9.17) is 4.74 Å². The Hall–Kier alpha value is -1.13. The van der Waals surface area contributed by atoms with Crippen LogP contribution in [0, 0.1) is 0 Å². The molecule has 0 bridgehead atoms. The lowest BCUT2D eigenvalue weighted by Gasteiger charge is -2.10. The molecular formula is C11H18N2O2. The number of hydrogen-bond acceptors (Lipinski definition) is 4. The van der Waals surface area contributed by atoms with Crippen molar-refractivity contribution in [1.82, 2.24) is 10.3 Å². The third-order valence-corrected chi connectivity index (χ3v) is 2.07. The molecule has 1 aromatic heterocycles. The van der Waals surface area contributed by atoms with Crippen LogP contribution >= 0.6 is 0 Å². The number of ether oxygens (including phenoxy) is 1. The summed E-state index contributed by atoms with van der Waals surface area (Å²) in [6, 6.07) is 3.77. The molecule has 4 heteroatoms. The Labute approximate surface area is 90.3 Å². The van der Waals surface area contributed by atoms with E-state index >= 15 is 0 Å². The lowest BCUT2D eigenvalue weighted by atomic mass is 10.3. The van der Waals surface area contributed by atoms with Crippen LogP contribution in [-0.2, 0) is 6.54 Å². The van der Waals surface area contributed by atoms with E-state index in [2.05, 4.69) is 10.3 Å². The third kappa shape index (κ3) is 4.27. The highest BCUT2D eigenvalue weighted by molar-refractivity contribution is 5.19. The molecule has 2 N–H and O–H groups in total. The smallest absolute Gasteiger partial charge is 0.137 e. The molecule has 0 radical (unpaired) electrons. The first kappa shape index (κ1) is 11.9. The van der Waals surface area contributed by atoms with Gasteiger partial charge in [-0.25, -0.2) is 0 Å². The van der Waals surface area contributed by atoms with Gasteiger partial charge in [-0.1, -0.05) is 6.92 Å². The molecule has 1 aromatic rings. The number of aromatic nitrogens is 1. The van der Waals surface area contributed by atoms with Crippen LogP contribution in [0.15, 0.2) is 18.3 Å². The number of aliphatic hydroxyl groups is 1. The molecule has 0 spiro atoms. The van der Waals surface area contributed by atoms with Gasteiger partial charge in [-0.15, -0.1) is 0 Å². The Morgan fingerprint density at radius 2 is 2.33 bits per heavy atom. The van der Waals surface area contributed by atoms with Gasteiger partial charge in [0.05, 0.1) is 18.0 Å². The highest BCUT2D eigenvalue weighted by atomic mass is 16.5. The van der Waals surface area contributed by atoms with Crippen molar-refractivity contribution < 1.29 is 9.84 Å². The summed E-state index contributed by atoms with van der Waals surface area (Å²) in [5, 5.41) is 12.3. The molecule has 1 atom stereocenters. The van der Waals surface area contributed by atoms with E-state index in [9.17, 15) is 5.11 Å². The number of nitrogens with zero attached hydrogens (tertiary/aromatic N) is 1. The van der Waals surface area contributed by atoms with Crippen molar-refractivity contribution in [3.8, 4) is 5.75 Å². The van der Waals surface area contributed by atoms with Gasteiger partial charge < -0.3 is 15.2 Å². The van der Waals surface area contributed by atoms with Crippen LogP contribution in [0.25, 0.3) is 0 Å². The molecule has 4 nitrogen and oxygen atoms in total. The molecule has 0 fully saturated rings. The quantitative estimate of drug-likeness (QED) is 0.734. The Bertz CT molecular complexity index is 274. The number of aliphatic hydroxyl groups excluding tert-OH is 1. The van der Waals surface area contributed by atoms with E-state index in [0.29, 0.717) is 18.8 Å². The largest absolute Gasteiger partial charge is 0.489 e. The second kappa shape index (κ2) is 6.37. The first-order valence-corrected chi connectivity index (χ1v) is 5.16. The predicted octanol–water partition coefficient (Wildman–Crippen LogP) is 0.951. The van der Waals surface area contributed by atoms with Gasteiger partial charge in [-0.05, 0) is 25.6 Å². The van der Waals surface area contributed by atoms with Crippen LogP contribution in [0.4, 0.5) is 0 Å². The molecule has 0 aromatic carbocycles. The van der Waals surface area contributed by atoms with Crippen molar-refractivity contribution in [1.29, 1.82) is 0 Å². The van der Waals surface area contributed by atoms with Gasteiger partial charge in [0.15, 0.2) is 0 Å². The molecule has 0 saturated carbocycles. The van der Waals surface area contributed by atoms with E-state index < -0.39 is 6.10 Å². The minimum absolute atomic E-state index is 0.323. The van der Waals surface area contributed by atoms with Gasteiger partial charge in [-0.3, -0.25) is 4.98 Å². The normalized spacial score (nSPS) is 12.5. The highest BCUT2D eigenvalue weighted by Gasteiger charge is 2.02. The summed E-state index contributed by atoms with van der Waals surface area (Å²) in [5.41, 5.74) is 0.973. The topological polar surface area (TPSA) is 54.4 Å². The van der Waals surface area contributed by atoms with Gasteiger partial charge in [0, 0.05) is 6.54 Å². The number of rotatable bonds is 6. The van der Waals surface area contributed by atoms with Gasteiger partial charge in [-0.2, -0.15) is 0 Å². The van der Waals surface area contributed by atoms with Crippen molar-refractivity contribution in [2.45, 2.75) is 26.0 Å². The van der Waals surface area contributed by atoms with Crippen LogP contribution in [0.1, 0.15) is 19.0 Å². The van der Waals surface area contributed by atoms with Gasteiger partial charge >= 0.3 is 0 Å². The van der Waals surface area contributed by atoms with E-state index in [1.54, 1.807) is 6.20 Å². The predicted molar refractivity (Wildman–Crippen MR) is 58.8 cm³/mol. The van der Waals surface area contributed by atoms with Gasteiger partial charge in [0.25, 0.3) is 0 Å². The minimum atomic E-state index is -0.401. The molecule has 15 heavy (non-hydrogen) atoms. The van der Waals surface area contributed by atoms with Crippen LogP contribution < -0.4 is 10.1 Å². The Morgan fingerprint density at radius 1 is 1.53 bits per heavy atom. The Kier molecular flexibility index (Phi) is 5.07. The molecule has 0 aliphatic rings. The number of nitrogens with one attached hydrogen (secondary N) is 1. The zero-order valence-electron chi connectivity index (χ0n) is 9.23. The summed E-state index contributed by atoms with van der Waals surface area (Å²) in [4.78, 5) is 4.20. The summed E-state index contributed by atoms with van der Waals surface area (Å²) in [7, 11) is 1.88. The molecule has 1 unspecified atom stereocenters. The molecule has 0 aliphatic heterocycles. The van der Waals surface area contributed by atoms with Gasteiger partial charge in [0.1, 0.15) is 12.4 Å². The summed E-state index contributed by atoms with van der Waals surface area (Å²) >= 11 is 0. The van der Waals surface area contributed by atoms with Crippen LogP contribution in [0.5, 0.6) is 5.75 Å². The highest BCUT2D eigenvalue weighted by Crippen LogP contribution is 2.09. The molecule has 84 valence electrons. The monoisotopic (exact) mass is 210 g/mol. The van der Waals surface area contributed by atoms with Crippen LogP contribution in [0.2, 0.25) is 0 Å². The SMILES string of the molecule is CCC(O)COc1ccc(CNC)nc1. The van der Waals surface area contributed by atoms with Crippen LogP contribution in [0.3, 0.4) is 0 Å². The van der Waals surface area contributed by atoms with E-state index in [1.165, 1.54) is 0 Å². The van der Waals surface area contributed by atoms with E-state index in [0.717, 1.165) is 12.2 Å². The van der Waals surface area contributed by atoms with Crippen molar-refractivity contribution in [3.63, 3.8) is 0 Å². The maximum atomic E-state index is 9.30.